The number of anilines is 2. The van der Waals surface area contributed by atoms with Crippen LogP contribution in [-0.4, -0.2) is 24.5 Å². The number of nitrogens with zero attached hydrogens (tertiary/aromatic N) is 1. The molecule has 0 aliphatic carbocycles. The quantitative estimate of drug-likeness (QED) is 0.829. The molecule has 4 nitrogen and oxygen atoms in total. The highest BCUT2D eigenvalue weighted by atomic mass is 16.2. The molecule has 1 amide bonds. The fraction of sp³-hybridized carbons (Fsp3) is 0.562. The van der Waals surface area contributed by atoms with E-state index in [1.807, 2.05) is 26.0 Å². The van der Waals surface area contributed by atoms with Crippen molar-refractivity contribution in [3.05, 3.63) is 23.8 Å². The third-order valence-electron chi connectivity index (χ3n) is 4.17. The van der Waals surface area contributed by atoms with Crippen molar-refractivity contribution in [3.8, 4) is 0 Å². The standard InChI is InChI=1S/C16H25N3O/c1-4-11(2)18-16(20)12(3)19-10-6-7-13-14(17)8-5-9-15(13)19/h5,8-9,11-12H,4,6-7,10,17H2,1-3H3,(H,18,20). The zero-order valence-electron chi connectivity index (χ0n) is 12.6. The highest BCUT2D eigenvalue weighted by Crippen LogP contribution is 2.32. The number of carbonyl (C=O) groups excluding carboxylic acids is 1. The lowest BCUT2D eigenvalue weighted by atomic mass is 9.98. The van der Waals surface area contributed by atoms with Crippen molar-refractivity contribution in [3.63, 3.8) is 0 Å². The zero-order valence-corrected chi connectivity index (χ0v) is 12.6. The lowest BCUT2D eigenvalue weighted by Gasteiger charge is -2.36. The van der Waals surface area contributed by atoms with Crippen molar-refractivity contribution in [2.75, 3.05) is 17.2 Å². The summed E-state index contributed by atoms with van der Waals surface area (Å²) in [5.41, 5.74) is 9.19. The second kappa shape index (κ2) is 6.16. The van der Waals surface area contributed by atoms with Crippen molar-refractivity contribution in [1.82, 2.24) is 5.32 Å². The van der Waals surface area contributed by atoms with E-state index in [0.717, 1.165) is 37.2 Å². The summed E-state index contributed by atoms with van der Waals surface area (Å²) >= 11 is 0. The van der Waals surface area contributed by atoms with Gasteiger partial charge in [0.1, 0.15) is 6.04 Å². The summed E-state index contributed by atoms with van der Waals surface area (Å²) in [6.45, 7) is 6.99. The number of hydrogen-bond donors (Lipinski definition) is 2. The van der Waals surface area contributed by atoms with Crippen molar-refractivity contribution >= 4 is 17.3 Å². The molecular weight excluding hydrogens is 250 g/mol. The van der Waals surface area contributed by atoms with Crippen LogP contribution < -0.4 is 16.0 Å². The Balaban J connectivity index is 2.18. The van der Waals surface area contributed by atoms with E-state index in [4.69, 9.17) is 5.73 Å². The molecular formula is C16H25N3O. The Morgan fingerprint density at radius 3 is 2.90 bits per heavy atom. The summed E-state index contributed by atoms with van der Waals surface area (Å²) in [7, 11) is 0. The molecule has 0 fully saturated rings. The van der Waals surface area contributed by atoms with E-state index < -0.39 is 0 Å². The van der Waals surface area contributed by atoms with Gasteiger partial charge in [0.25, 0.3) is 0 Å². The first-order valence-electron chi connectivity index (χ1n) is 7.49. The van der Waals surface area contributed by atoms with Crippen LogP contribution in [0.15, 0.2) is 18.2 Å². The molecule has 0 aromatic heterocycles. The molecule has 0 bridgehead atoms. The maximum absolute atomic E-state index is 12.3. The molecule has 1 aliphatic rings. The zero-order chi connectivity index (χ0) is 14.7. The van der Waals surface area contributed by atoms with Gasteiger partial charge in [-0.05, 0) is 50.8 Å². The predicted molar refractivity (Wildman–Crippen MR) is 83.9 cm³/mol. The van der Waals surface area contributed by atoms with Crippen molar-refractivity contribution < 1.29 is 4.79 Å². The summed E-state index contributed by atoms with van der Waals surface area (Å²) in [5.74, 6) is 0.0922. The van der Waals surface area contributed by atoms with Crippen LogP contribution in [0.3, 0.4) is 0 Å². The lowest BCUT2D eigenvalue weighted by molar-refractivity contribution is -0.122. The Bertz CT molecular complexity index is 487. The van der Waals surface area contributed by atoms with Gasteiger partial charge in [-0.25, -0.2) is 0 Å². The van der Waals surface area contributed by atoms with E-state index in [1.165, 1.54) is 5.56 Å². The van der Waals surface area contributed by atoms with Gasteiger partial charge >= 0.3 is 0 Å². The Labute approximate surface area is 121 Å². The Morgan fingerprint density at radius 2 is 2.20 bits per heavy atom. The minimum absolute atomic E-state index is 0.0922. The predicted octanol–water partition coefficient (Wildman–Crippen LogP) is 2.32. The van der Waals surface area contributed by atoms with Gasteiger partial charge < -0.3 is 16.0 Å². The van der Waals surface area contributed by atoms with E-state index in [9.17, 15) is 4.79 Å². The molecule has 2 atom stereocenters. The molecule has 3 N–H and O–H groups in total. The largest absolute Gasteiger partial charge is 0.398 e. The van der Waals surface area contributed by atoms with E-state index in [0.29, 0.717) is 0 Å². The number of nitrogens with one attached hydrogen (secondary N) is 1. The number of carbonyl (C=O) groups is 1. The second-order valence-electron chi connectivity index (χ2n) is 5.64. The van der Waals surface area contributed by atoms with Gasteiger partial charge in [-0.1, -0.05) is 13.0 Å². The molecule has 4 heteroatoms. The minimum atomic E-state index is -0.162. The molecule has 0 saturated carbocycles. The van der Waals surface area contributed by atoms with Gasteiger partial charge in [-0.2, -0.15) is 0 Å². The van der Waals surface area contributed by atoms with Crippen LogP contribution in [0.4, 0.5) is 11.4 Å². The molecule has 1 heterocycles. The molecule has 0 radical (unpaired) electrons. The summed E-state index contributed by atoms with van der Waals surface area (Å²) < 4.78 is 0. The van der Waals surface area contributed by atoms with Crippen LogP contribution in [0.1, 0.15) is 39.2 Å². The van der Waals surface area contributed by atoms with Crippen LogP contribution in [0.25, 0.3) is 0 Å². The van der Waals surface area contributed by atoms with Gasteiger partial charge in [-0.3, -0.25) is 4.79 Å². The second-order valence-corrected chi connectivity index (χ2v) is 5.64. The molecule has 0 spiro atoms. The van der Waals surface area contributed by atoms with Crippen LogP contribution in [0.5, 0.6) is 0 Å². The van der Waals surface area contributed by atoms with E-state index in [1.54, 1.807) is 0 Å². The first-order chi connectivity index (χ1) is 9.54. The van der Waals surface area contributed by atoms with Gasteiger partial charge in [0.05, 0.1) is 0 Å². The number of nitrogens with two attached hydrogens (primary N) is 1. The van der Waals surface area contributed by atoms with Crippen LogP contribution in [-0.2, 0) is 11.2 Å². The molecule has 2 unspecified atom stereocenters. The normalized spacial score (nSPS) is 17.2. The van der Waals surface area contributed by atoms with Crippen LogP contribution >= 0.6 is 0 Å². The Kier molecular flexibility index (Phi) is 4.53. The average Bonchev–Trinajstić information content (AvgIpc) is 2.46. The summed E-state index contributed by atoms with van der Waals surface area (Å²) in [6, 6.07) is 6.02. The molecule has 2 rings (SSSR count). The van der Waals surface area contributed by atoms with Gasteiger partial charge in [0.2, 0.25) is 5.91 Å². The fourth-order valence-corrected chi connectivity index (χ4v) is 2.69. The third kappa shape index (κ3) is 2.89. The van der Waals surface area contributed by atoms with Crippen LogP contribution in [0.2, 0.25) is 0 Å². The average molecular weight is 275 g/mol. The molecule has 110 valence electrons. The Hall–Kier alpha value is -1.71. The van der Waals surface area contributed by atoms with E-state index in [-0.39, 0.29) is 18.0 Å². The molecule has 20 heavy (non-hydrogen) atoms. The van der Waals surface area contributed by atoms with Crippen LogP contribution in [0, 0.1) is 0 Å². The fourth-order valence-electron chi connectivity index (χ4n) is 2.69. The topological polar surface area (TPSA) is 58.4 Å². The molecule has 1 aromatic rings. The molecule has 1 aromatic carbocycles. The smallest absolute Gasteiger partial charge is 0.242 e. The van der Waals surface area contributed by atoms with E-state index >= 15 is 0 Å². The number of benzene rings is 1. The lowest BCUT2D eigenvalue weighted by Crippen LogP contribution is -2.49. The number of hydrogen-bond acceptors (Lipinski definition) is 3. The highest BCUT2D eigenvalue weighted by Gasteiger charge is 2.27. The first-order valence-corrected chi connectivity index (χ1v) is 7.49. The van der Waals surface area contributed by atoms with E-state index in [2.05, 4.69) is 23.2 Å². The third-order valence-corrected chi connectivity index (χ3v) is 4.17. The maximum atomic E-state index is 12.3. The molecule has 1 aliphatic heterocycles. The maximum Gasteiger partial charge on any atom is 0.242 e. The number of amides is 1. The minimum Gasteiger partial charge on any atom is -0.398 e. The Morgan fingerprint density at radius 1 is 1.45 bits per heavy atom. The first kappa shape index (κ1) is 14.7. The molecule has 0 saturated heterocycles. The van der Waals surface area contributed by atoms with Gasteiger partial charge in [-0.15, -0.1) is 0 Å². The summed E-state index contributed by atoms with van der Waals surface area (Å²) in [6.07, 6.45) is 2.99. The number of fused-ring (bicyclic) bond motifs is 1. The van der Waals surface area contributed by atoms with Gasteiger partial charge in [0.15, 0.2) is 0 Å². The highest BCUT2D eigenvalue weighted by molar-refractivity contribution is 5.86. The number of rotatable bonds is 4. The summed E-state index contributed by atoms with van der Waals surface area (Å²) in [5, 5.41) is 3.06. The summed E-state index contributed by atoms with van der Waals surface area (Å²) in [4.78, 5) is 14.5. The van der Waals surface area contributed by atoms with Crippen molar-refractivity contribution in [2.24, 2.45) is 0 Å². The van der Waals surface area contributed by atoms with Crippen molar-refractivity contribution in [2.45, 2.75) is 52.1 Å². The van der Waals surface area contributed by atoms with Crippen molar-refractivity contribution in [1.29, 1.82) is 0 Å². The SMILES string of the molecule is CCC(C)NC(=O)C(C)N1CCCc2c(N)cccc21. The monoisotopic (exact) mass is 275 g/mol. The number of nitrogen functional groups attached to an aromatic ring is 1. The van der Waals surface area contributed by atoms with Gasteiger partial charge in [0, 0.05) is 24.0 Å².